The van der Waals surface area contributed by atoms with Crippen LogP contribution in [-0.2, 0) is 9.53 Å². The summed E-state index contributed by atoms with van der Waals surface area (Å²) < 4.78 is 15.1. The number of ether oxygens (including phenoxy) is 3. The molecule has 4 N–H and O–H groups in total. The first-order chi connectivity index (χ1) is 10.0. The van der Waals surface area contributed by atoms with E-state index in [2.05, 4.69) is 5.32 Å². The summed E-state index contributed by atoms with van der Waals surface area (Å²) in [6, 6.07) is 2.65. The lowest BCUT2D eigenvalue weighted by Crippen LogP contribution is -2.22. The van der Waals surface area contributed by atoms with Crippen molar-refractivity contribution in [3.05, 3.63) is 17.7 Å². The number of hydrogen-bond acceptors (Lipinski definition) is 6. The maximum atomic E-state index is 11.7. The normalized spacial score (nSPS) is 10.0. The summed E-state index contributed by atoms with van der Waals surface area (Å²) >= 11 is 0. The molecule has 0 aliphatic carbocycles. The van der Waals surface area contributed by atoms with Gasteiger partial charge < -0.3 is 30.4 Å². The van der Waals surface area contributed by atoms with Crippen LogP contribution >= 0.6 is 0 Å². The third-order valence-corrected chi connectivity index (χ3v) is 2.52. The van der Waals surface area contributed by atoms with Gasteiger partial charge in [-0.2, -0.15) is 0 Å². The maximum absolute atomic E-state index is 11.7. The van der Waals surface area contributed by atoms with Crippen LogP contribution in [0.1, 0.15) is 10.4 Å². The Balaban J connectivity index is 2.98. The molecule has 1 rings (SSSR count). The molecule has 0 spiro atoms. The van der Waals surface area contributed by atoms with Crippen LogP contribution in [0.25, 0.3) is 0 Å². The first-order valence-electron chi connectivity index (χ1n) is 6.10. The number of hydrogen-bond donors (Lipinski definition) is 3. The van der Waals surface area contributed by atoms with Gasteiger partial charge in [-0.1, -0.05) is 0 Å². The van der Waals surface area contributed by atoms with Gasteiger partial charge in [-0.15, -0.1) is 0 Å². The van der Waals surface area contributed by atoms with Gasteiger partial charge in [0.05, 0.1) is 32.1 Å². The summed E-state index contributed by atoms with van der Waals surface area (Å²) in [5.41, 5.74) is 5.22. The number of amides is 1. The molecule has 8 heteroatoms. The number of methoxy groups -OCH3 is 2. The first-order valence-corrected chi connectivity index (χ1v) is 6.10. The van der Waals surface area contributed by atoms with E-state index in [-0.39, 0.29) is 30.2 Å². The van der Waals surface area contributed by atoms with E-state index >= 15 is 0 Å². The average molecular weight is 298 g/mol. The van der Waals surface area contributed by atoms with Crippen molar-refractivity contribution in [3.8, 4) is 11.5 Å². The van der Waals surface area contributed by atoms with Crippen LogP contribution in [0, 0.1) is 0 Å². The fourth-order valence-electron chi connectivity index (χ4n) is 1.59. The lowest BCUT2D eigenvalue weighted by Gasteiger charge is -2.13. The van der Waals surface area contributed by atoms with Gasteiger partial charge in [0.2, 0.25) is 5.91 Å². The van der Waals surface area contributed by atoms with E-state index in [1.807, 2.05) is 0 Å². The number of carboxylic acids is 1. The number of carboxylic acid groups (broad SMARTS) is 1. The Morgan fingerprint density at radius 2 is 1.86 bits per heavy atom. The summed E-state index contributed by atoms with van der Waals surface area (Å²) in [7, 11) is 2.80. The quantitative estimate of drug-likeness (QED) is 0.591. The zero-order valence-electron chi connectivity index (χ0n) is 11.8. The first kappa shape index (κ1) is 16.7. The lowest BCUT2D eigenvalue weighted by molar-refractivity contribution is -0.120. The van der Waals surface area contributed by atoms with Gasteiger partial charge in [-0.25, -0.2) is 4.79 Å². The molecule has 0 aliphatic rings. The van der Waals surface area contributed by atoms with Crippen LogP contribution in [0.5, 0.6) is 11.5 Å². The number of carbonyl (C=O) groups is 2. The van der Waals surface area contributed by atoms with Gasteiger partial charge in [-0.05, 0) is 0 Å². The SMILES string of the molecule is COc1cc(NC(=O)COCCN)c(C(=O)O)cc1OC. The number of carbonyl (C=O) groups excluding carboxylic acids is 1. The topological polar surface area (TPSA) is 120 Å². The van der Waals surface area contributed by atoms with Crippen LogP contribution in [0.4, 0.5) is 5.69 Å². The number of nitrogens with two attached hydrogens (primary N) is 1. The Morgan fingerprint density at radius 1 is 1.24 bits per heavy atom. The molecule has 0 radical (unpaired) electrons. The fourth-order valence-corrected chi connectivity index (χ4v) is 1.59. The van der Waals surface area contributed by atoms with Gasteiger partial charge >= 0.3 is 5.97 Å². The maximum Gasteiger partial charge on any atom is 0.337 e. The molecular weight excluding hydrogens is 280 g/mol. The predicted molar refractivity (Wildman–Crippen MR) is 75.0 cm³/mol. The van der Waals surface area contributed by atoms with Crippen molar-refractivity contribution >= 4 is 17.6 Å². The van der Waals surface area contributed by atoms with Crippen LogP contribution < -0.4 is 20.5 Å². The molecule has 21 heavy (non-hydrogen) atoms. The van der Waals surface area contributed by atoms with Gasteiger partial charge in [-0.3, -0.25) is 4.79 Å². The summed E-state index contributed by atoms with van der Waals surface area (Å²) in [5.74, 6) is -1.12. The highest BCUT2D eigenvalue weighted by Gasteiger charge is 2.17. The zero-order valence-corrected chi connectivity index (χ0v) is 11.8. The Hall–Kier alpha value is -2.32. The Bertz CT molecular complexity index is 518. The van der Waals surface area contributed by atoms with E-state index in [0.717, 1.165) is 0 Å². The third-order valence-electron chi connectivity index (χ3n) is 2.52. The monoisotopic (exact) mass is 298 g/mol. The van der Waals surface area contributed by atoms with Gasteiger partial charge in [0.25, 0.3) is 0 Å². The number of anilines is 1. The lowest BCUT2D eigenvalue weighted by atomic mass is 10.1. The smallest absolute Gasteiger partial charge is 0.337 e. The molecule has 1 aromatic rings. The average Bonchev–Trinajstić information content (AvgIpc) is 2.46. The minimum Gasteiger partial charge on any atom is -0.493 e. The Morgan fingerprint density at radius 3 is 2.38 bits per heavy atom. The summed E-state index contributed by atoms with van der Waals surface area (Å²) in [6.45, 7) is 0.319. The summed E-state index contributed by atoms with van der Waals surface area (Å²) in [4.78, 5) is 22.9. The van der Waals surface area contributed by atoms with E-state index in [9.17, 15) is 14.7 Å². The second-order valence-corrected chi connectivity index (χ2v) is 3.95. The molecular formula is C13H18N2O6. The molecule has 0 saturated heterocycles. The summed E-state index contributed by atoms with van der Waals surface area (Å²) in [6.07, 6.45) is 0. The van der Waals surface area contributed by atoms with Crippen LogP contribution in [-0.4, -0.2) is 51.0 Å². The Labute approximate surface area is 121 Å². The highest BCUT2D eigenvalue weighted by atomic mass is 16.5. The van der Waals surface area contributed by atoms with Gasteiger partial charge in [0.15, 0.2) is 11.5 Å². The van der Waals surface area contributed by atoms with Crippen molar-refractivity contribution in [1.82, 2.24) is 0 Å². The minimum atomic E-state index is -1.20. The van der Waals surface area contributed by atoms with Crippen LogP contribution in [0.3, 0.4) is 0 Å². The highest BCUT2D eigenvalue weighted by Crippen LogP contribution is 2.33. The molecule has 1 amide bonds. The second kappa shape index (κ2) is 8.08. The van der Waals surface area contributed by atoms with Gasteiger partial charge in [0, 0.05) is 18.7 Å². The highest BCUT2D eigenvalue weighted by molar-refractivity contribution is 6.01. The van der Waals surface area contributed by atoms with Crippen molar-refractivity contribution in [2.24, 2.45) is 5.73 Å². The molecule has 0 aliphatic heterocycles. The fraction of sp³-hybridized carbons (Fsp3) is 0.385. The minimum absolute atomic E-state index is 0.0986. The largest absolute Gasteiger partial charge is 0.493 e. The van der Waals surface area contributed by atoms with E-state index in [1.54, 1.807) is 0 Å². The number of nitrogens with one attached hydrogen (secondary N) is 1. The molecule has 8 nitrogen and oxygen atoms in total. The third kappa shape index (κ3) is 4.62. The Kier molecular flexibility index (Phi) is 6.44. The molecule has 0 heterocycles. The van der Waals surface area contributed by atoms with Gasteiger partial charge in [0.1, 0.15) is 6.61 Å². The molecule has 0 aromatic heterocycles. The zero-order chi connectivity index (χ0) is 15.8. The van der Waals surface area contributed by atoms with Crippen LogP contribution in [0.15, 0.2) is 12.1 Å². The van der Waals surface area contributed by atoms with Crippen molar-refractivity contribution < 1.29 is 28.9 Å². The molecule has 1 aromatic carbocycles. The van der Waals surface area contributed by atoms with Crippen LogP contribution in [0.2, 0.25) is 0 Å². The number of benzene rings is 1. The standard InChI is InChI=1S/C13H18N2O6/c1-19-10-5-8(13(17)18)9(6-11(10)20-2)15-12(16)7-21-4-3-14/h5-6H,3-4,7,14H2,1-2H3,(H,15,16)(H,17,18). The second-order valence-electron chi connectivity index (χ2n) is 3.95. The molecule has 0 bridgehead atoms. The van der Waals surface area contributed by atoms with Crippen molar-refractivity contribution in [2.75, 3.05) is 39.3 Å². The van der Waals surface area contributed by atoms with E-state index in [0.29, 0.717) is 12.3 Å². The van der Waals surface area contributed by atoms with Crippen molar-refractivity contribution in [2.45, 2.75) is 0 Å². The number of rotatable bonds is 8. The van der Waals surface area contributed by atoms with E-state index in [4.69, 9.17) is 19.9 Å². The molecule has 0 fully saturated rings. The van der Waals surface area contributed by atoms with Crippen molar-refractivity contribution in [3.63, 3.8) is 0 Å². The number of aromatic carboxylic acids is 1. The predicted octanol–water partition coefficient (Wildman–Crippen LogP) is 0.316. The van der Waals surface area contributed by atoms with Crippen molar-refractivity contribution in [1.29, 1.82) is 0 Å². The molecule has 116 valence electrons. The molecule has 0 atom stereocenters. The van der Waals surface area contributed by atoms with E-state index in [1.165, 1.54) is 26.4 Å². The molecule has 0 unspecified atom stereocenters. The van der Waals surface area contributed by atoms with E-state index < -0.39 is 11.9 Å². The molecule has 0 saturated carbocycles. The summed E-state index contributed by atoms with van der Waals surface area (Å²) in [5, 5.41) is 11.6.